The van der Waals surface area contributed by atoms with E-state index < -0.39 is 44.6 Å². The molecular formula is C57H58F3N5O4SSi. The van der Waals surface area contributed by atoms with E-state index in [-0.39, 0.29) is 41.5 Å². The Morgan fingerprint density at radius 3 is 1.92 bits per heavy atom. The quantitative estimate of drug-likeness (QED) is 0.0634. The number of aliphatic carboxylic acids is 1. The zero-order chi connectivity index (χ0) is 50.5. The first-order valence-electron chi connectivity index (χ1n) is 23.6. The topological polar surface area (TPSA) is 112 Å². The minimum atomic E-state index is -3.36. The average molecular weight is 994 g/mol. The van der Waals surface area contributed by atoms with Crippen LogP contribution >= 0.6 is 11.5 Å². The lowest BCUT2D eigenvalue weighted by Gasteiger charge is -2.44. The van der Waals surface area contributed by atoms with Crippen LogP contribution in [-0.4, -0.2) is 70.2 Å². The molecule has 0 aliphatic carbocycles. The minimum absolute atomic E-state index is 0.0953. The molecule has 366 valence electrons. The number of alkyl halides is 3. The van der Waals surface area contributed by atoms with Gasteiger partial charge in [-0.3, -0.25) is 9.98 Å². The summed E-state index contributed by atoms with van der Waals surface area (Å²) in [5.41, 5.74) is 4.07. The zero-order valence-corrected chi connectivity index (χ0v) is 42.7. The number of nitrogens with zero attached hydrogens (tertiary/aromatic N) is 5. The predicted octanol–water partition coefficient (Wildman–Crippen LogP) is 12.3. The van der Waals surface area contributed by atoms with E-state index in [1.54, 1.807) is 37.6 Å². The van der Waals surface area contributed by atoms with Gasteiger partial charge in [0.2, 0.25) is 6.30 Å². The Morgan fingerprint density at radius 2 is 1.38 bits per heavy atom. The molecule has 14 heteroatoms. The number of rotatable bonds is 19. The molecule has 71 heavy (non-hydrogen) atoms. The van der Waals surface area contributed by atoms with Crippen molar-refractivity contribution < 1.29 is 32.2 Å². The molecule has 0 amide bonds. The van der Waals surface area contributed by atoms with E-state index in [4.69, 9.17) is 19.1 Å². The van der Waals surface area contributed by atoms with Crippen LogP contribution in [0.2, 0.25) is 5.04 Å². The number of methoxy groups -OCH3 is 1. The molecule has 0 saturated heterocycles. The summed E-state index contributed by atoms with van der Waals surface area (Å²) >= 11 is 1.09. The van der Waals surface area contributed by atoms with Gasteiger partial charge in [-0.25, -0.2) is 22.9 Å². The summed E-state index contributed by atoms with van der Waals surface area (Å²) in [5, 5.41) is 13.4. The molecule has 0 saturated carbocycles. The van der Waals surface area contributed by atoms with Crippen molar-refractivity contribution in [1.29, 1.82) is 0 Å². The van der Waals surface area contributed by atoms with Gasteiger partial charge in [-0.1, -0.05) is 156 Å². The van der Waals surface area contributed by atoms with Crippen molar-refractivity contribution in [3.8, 4) is 21.8 Å². The van der Waals surface area contributed by atoms with Crippen molar-refractivity contribution in [1.82, 2.24) is 18.9 Å². The van der Waals surface area contributed by atoms with Crippen molar-refractivity contribution in [2.75, 3.05) is 13.7 Å². The number of fused-ring (bicyclic) bond motifs is 1. The van der Waals surface area contributed by atoms with Gasteiger partial charge in [-0.2, -0.15) is 4.37 Å². The van der Waals surface area contributed by atoms with Crippen LogP contribution < -0.4 is 10.4 Å². The molecule has 0 aliphatic heterocycles. The van der Waals surface area contributed by atoms with E-state index in [0.29, 0.717) is 38.5 Å². The SMILES string of the molecule is CO[C@@H](C)c1ncccc1-c1c(CC(C)(C)CO[Si](c2ccccc2)(c2ccccc2)C(C)(C)C)c2cc(-c3nc(CC(N=C(c4ccccc4)c4ccccc4)C(=O)O)ns3)ccc2n1C(F)C(F)F. The third kappa shape index (κ3) is 10.7. The number of pyridine rings is 1. The van der Waals surface area contributed by atoms with Gasteiger partial charge in [0.1, 0.15) is 10.8 Å². The van der Waals surface area contributed by atoms with E-state index in [2.05, 4.69) is 68.2 Å². The van der Waals surface area contributed by atoms with Crippen molar-refractivity contribution in [3.05, 3.63) is 186 Å². The molecule has 3 heterocycles. The molecule has 5 aromatic carbocycles. The largest absolute Gasteiger partial charge is 0.480 e. The Kier molecular flexibility index (Phi) is 15.3. The fraction of sp³-hybridized carbons (Fsp3) is 0.281. The standard InChI is InChI=1S/C57H58F3N5O4SSi/c1-37(68-7)49-43(29-20-32-61-49)51-45(35-57(5,6)36-69-71(56(2,3)4,41-25-16-10-17-26-41)42-27-18-11-19-28-42)44-33-40(30-31-47(44)65(51)53(60)52(58)59)54-63-48(64-70-54)34-46(55(66)67)62-50(38-21-12-8-13-22-38)39-23-14-9-15-24-39/h8-33,37,46,52-53H,34-36H2,1-7H3,(H,66,67)/t37-,46?,53?/m0/s1. The van der Waals surface area contributed by atoms with E-state index in [1.807, 2.05) is 110 Å². The lowest BCUT2D eigenvalue weighted by atomic mass is 9.84. The minimum Gasteiger partial charge on any atom is -0.480 e. The van der Waals surface area contributed by atoms with Crippen LogP contribution in [0.25, 0.3) is 32.7 Å². The molecule has 0 fully saturated rings. The summed E-state index contributed by atoms with van der Waals surface area (Å²) in [5.74, 6) is -0.860. The molecule has 9 nitrogen and oxygen atoms in total. The first-order chi connectivity index (χ1) is 34.0. The average Bonchev–Trinajstić information content (AvgIpc) is 3.97. The Morgan fingerprint density at radius 1 is 0.803 bits per heavy atom. The smallest absolute Gasteiger partial charge is 0.328 e. The molecular weight excluding hydrogens is 936 g/mol. The molecule has 2 unspecified atom stereocenters. The normalized spacial score (nSPS) is 13.6. The highest BCUT2D eigenvalue weighted by Gasteiger charge is 2.51. The van der Waals surface area contributed by atoms with Gasteiger partial charge in [0.05, 0.1) is 28.7 Å². The molecule has 3 atom stereocenters. The summed E-state index contributed by atoms with van der Waals surface area (Å²) in [7, 11) is -1.48. The lowest BCUT2D eigenvalue weighted by Crippen LogP contribution is -2.67. The molecule has 1 N–H and O–H groups in total. The Labute approximate surface area is 418 Å². The Balaban J connectivity index is 1.25. The van der Waals surface area contributed by atoms with Crippen LogP contribution in [0.15, 0.2) is 163 Å². The monoisotopic (exact) mass is 993 g/mol. The molecule has 3 aromatic heterocycles. The molecule has 0 aliphatic rings. The molecule has 0 spiro atoms. The Bertz CT molecular complexity index is 3030. The molecule has 8 aromatic rings. The number of carboxylic acids is 1. The lowest BCUT2D eigenvalue weighted by molar-refractivity contribution is -0.138. The van der Waals surface area contributed by atoms with Gasteiger partial charge in [0.15, 0.2) is 6.04 Å². The van der Waals surface area contributed by atoms with Crippen molar-refractivity contribution >= 4 is 52.8 Å². The molecule has 0 bridgehead atoms. The number of carboxylic acid groups (broad SMARTS) is 1. The number of hydrogen-bond donors (Lipinski definition) is 1. The van der Waals surface area contributed by atoms with Crippen molar-refractivity contribution in [2.45, 2.75) is 84.3 Å². The third-order valence-electron chi connectivity index (χ3n) is 12.9. The number of aliphatic imine (C=N–C) groups is 1. The van der Waals surface area contributed by atoms with Crippen molar-refractivity contribution in [2.24, 2.45) is 10.4 Å². The van der Waals surface area contributed by atoms with Crippen molar-refractivity contribution in [3.63, 3.8) is 0 Å². The maximum absolute atomic E-state index is 16.6. The summed E-state index contributed by atoms with van der Waals surface area (Å²) in [4.78, 5) is 27.1. The first kappa shape index (κ1) is 50.8. The van der Waals surface area contributed by atoms with E-state index >= 15 is 4.39 Å². The molecule has 8 rings (SSSR count). The number of halogens is 3. The van der Waals surface area contributed by atoms with Gasteiger partial charge in [0.25, 0.3) is 14.7 Å². The number of hydrogen-bond acceptors (Lipinski definition) is 8. The summed E-state index contributed by atoms with van der Waals surface area (Å²) in [6.45, 7) is 12.9. The van der Waals surface area contributed by atoms with Gasteiger partial charge in [-0.05, 0) is 81.6 Å². The van der Waals surface area contributed by atoms with E-state index in [1.165, 1.54) is 0 Å². The fourth-order valence-corrected chi connectivity index (χ4v) is 14.9. The van der Waals surface area contributed by atoms with Crippen LogP contribution in [0.5, 0.6) is 0 Å². The summed E-state index contributed by atoms with van der Waals surface area (Å²) in [6.07, 6.45) is -4.84. The second-order valence-corrected chi connectivity index (χ2v) is 24.6. The number of ether oxygens (including phenoxy) is 1. The zero-order valence-electron chi connectivity index (χ0n) is 40.9. The highest BCUT2D eigenvalue weighted by atomic mass is 32.1. The Hall–Kier alpha value is -6.58. The van der Waals surface area contributed by atoms with Gasteiger partial charge < -0.3 is 18.8 Å². The number of benzene rings is 5. The highest BCUT2D eigenvalue weighted by molar-refractivity contribution is 7.09. The third-order valence-corrected chi connectivity index (χ3v) is 18.7. The maximum atomic E-state index is 16.6. The van der Waals surface area contributed by atoms with Gasteiger partial charge in [0, 0.05) is 54.0 Å². The van der Waals surface area contributed by atoms with Crippen LogP contribution in [-0.2, 0) is 26.8 Å². The predicted molar refractivity (Wildman–Crippen MR) is 280 cm³/mol. The van der Waals surface area contributed by atoms with Gasteiger partial charge in [-0.15, -0.1) is 0 Å². The summed E-state index contributed by atoms with van der Waals surface area (Å²) < 4.78 is 65.4. The van der Waals surface area contributed by atoms with Crippen LogP contribution in [0.1, 0.15) is 82.2 Å². The fourth-order valence-electron chi connectivity index (χ4n) is 9.48. The summed E-state index contributed by atoms with van der Waals surface area (Å²) in [6, 6.07) is 47.0. The number of carbonyl (C=O) groups is 1. The van der Waals surface area contributed by atoms with Crippen LogP contribution in [0.3, 0.4) is 0 Å². The van der Waals surface area contributed by atoms with E-state index in [9.17, 15) is 18.7 Å². The van der Waals surface area contributed by atoms with E-state index in [0.717, 1.165) is 37.6 Å². The number of aromatic nitrogens is 4. The highest BCUT2D eigenvalue weighted by Crippen LogP contribution is 2.45. The second-order valence-electron chi connectivity index (χ2n) is 19.5. The van der Waals surface area contributed by atoms with Crippen LogP contribution in [0.4, 0.5) is 13.2 Å². The van der Waals surface area contributed by atoms with Gasteiger partial charge >= 0.3 is 5.97 Å². The maximum Gasteiger partial charge on any atom is 0.328 e. The first-order valence-corrected chi connectivity index (χ1v) is 26.3. The molecule has 0 radical (unpaired) electrons. The second kappa shape index (κ2) is 21.4. The van der Waals surface area contributed by atoms with Crippen LogP contribution in [0, 0.1) is 5.41 Å².